The van der Waals surface area contributed by atoms with E-state index in [1.54, 1.807) is 10.8 Å². The van der Waals surface area contributed by atoms with Crippen molar-refractivity contribution < 1.29 is 36.2 Å². The van der Waals surface area contributed by atoms with Gasteiger partial charge in [-0.15, -0.1) is 0 Å². The van der Waals surface area contributed by atoms with Gasteiger partial charge in [0.05, 0.1) is 18.4 Å². The fourth-order valence-electron chi connectivity index (χ4n) is 7.52. The predicted molar refractivity (Wildman–Crippen MR) is 157 cm³/mol. The first kappa shape index (κ1) is 30.5. The second kappa shape index (κ2) is 11.5. The van der Waals surface area contributed by atoms with Gasteiger partial charge in [0.2, 0.25) is 10.0 Å². The highest BCUT2D eigenvalue weighted by Gasteiger charge is 2.49. The van der Waals surface area contributed by atoms with Crippen LogP contribution >= 0.6 is 11.6 Å². The number of fused-ring (bicyclic) bond motifs is 4. The number of hydrogen-bond donors (Lipinski definition) is 2. The molecule has 1 fully saturated rings. The Morgan fingerprint density at radius 3 is 2.58 bits per heavy atom. The summed E-state index contributed by atoms with van der Waals surface area (Å²) in [4.78, 5) is 15.3. The maximum absolute atomic E-state index is 13.9. The van der Waals surface area contributed by atoms with Crippen LogP contribution in [0.2, 0.25) is 5.02 Å². The number of halogens is 4. The molecule has 0 aromatic heterocycles. The van der Waals surface area contributed by atoms with Crippen LogP contribution < -0.4 is 14.4 Å². The van der Waals surface area contributed by atoms with Gasteiger partial charge in [0.1, 0.15) is 5.75 Å². The number of carbonyl (C=O) groups is 1. The van der Waals surface area contributed by atoms with Crippen molar-refractivity contribution in [1.82, 2.24) is 4.72 Å². The van der Waals surface area contributed by atoms with Gasteiger partial charge in [0.15, 0.2) is 5.25 Å². The molecule has 7 nitrogen and oxygen atoms in total. The molecule has 2 aliphatic carbocycles. The molecule has 12 heteroatoms. The zero-order valence-electron chi connectivity index (χ0n) is 23.7. The van der Waals surface area contributed by atoms with Crippen LogP contribution in [-0.2, 0) is 21.9 Å². The number of anilines is 1. The minimum absolute atomic E-state index is 0.0115. The molecule has 2 aromatic rings. The van der Waals surface area contributed by atoms with Crippen LogP contribution in [0, 0.1) is 11.8 Å². The molecule has 0 radical (unpaired) electrons. The minimum atomic E-state index is -5.07. The highest BCUT2D eigenvalue weighted by Crippen LogP contribution is 2.47. The summed E-state index contributed by atoms with van der Waals surface area (Å²) in [7, 11) is -5.07. The molecule has 5 atom stereocenters. The van der Waals surface area contributed by atoms with Crippen molar-refractivity contribution in [2.75, 3.05) is 24.6 Å². The molecule has 234 valence electrons. The summed E-state index contributed by atoms with van der Waals surface area (Å²) in [5.41, 5.74) is 2.48. The molecule has 2 N–H and O–H groups in total. The van der Waals surface area contributed by atoms with Crippen molar-refractivity contribution in [1.29, 1.82) is 0 Å². The molecule has 1 spiro atoms. The molecule has 2 bridgehead atoms. The number of carbonyl (C=O) groups excluding carboxylic acids is 1. The topological polar surface area (TPSA) is 95.9 Å². The lowest BCUT2D eigenvalue weighted by Crippen LogP contribution is -2.49. The van der Waals surface area contributed by atoms with Crippen LogP contribution in [0.15, 0.2) is 36.4 Å². The lowest BCUT2D eigenvalue weighted by molar-refractivity contribution is -0.131. The predicted octanol–water partition coefficient (Wildman–Crippen LogP) is 5.76. The van der Waals surface area contributed by atoms with Crippen molar-refractivity contribution >= 4 is 33.2 Å². The maximum Gasteiger partial charge on any atom is 0.407 e. The van der Waals surface area contributed by atoms with E-state index in [0.717, 1.165) is 37.7 Å². The second-order valence-corrected chi connectivity index (χ2v) is 14.9. The third kappa shape index (κ3) is 5.96. The molecular weight excluding hydrogens is 605 g/mol. The Balaban J connectivity index is 1.41. The Morgan fingerprint density at radius 2 is 1.84 bits per heavy atom. The van der Waals surface area contributed by atoms with Crippen molar-refractivity contribution in [3.8, 4) is 5.75 Å². The maximum atomic E-state index is 13.9. The number of alkyl halides is 3. The van der Waals surface area contributed by atoms with Gasteiger partial charge in [-0.05, 0) is 98.2 Å². The number of aliphatic hydroxyl groups is 1. The van der Waals surface area contributed by atoms with E-state index in [0.29, 0.717) is 42.6 Å². The van der Waals surface area contributed by atoms with E-state index in [4.69, 9.17) is 16.3 Å². The Bertz CT molecular complexity index is 1500. The number of ether oxygens (including phenoxy) is 1. The van der Waals surface area contributed by atoms with Gasteiger partial charge in [-0.2, -0.15) is 13.2 Å². The van der Waals surface area contributed by atoms with Crippen LogP contribution in [0.25, 0.3) is 0 Å². The Morgan fingerprint density at radius 1 is 1.05 bits per heavy atom. The van der Waals surface area contributed by atoms with E-state index in [2.05, 4.69) is 11.0 Å². The number of nitrogens with one attached hydrogen (secondary N) is 1. The van der Waals surface area contributed by atoms with Gasteiger partial charge in [-0.3, -0.25) is 4.79 Å². The summed E-state index contributed by atoms with van der Waals surface area (Å²) in [6, 6.07) is 10.4. The molecule has 6 rings (SSSR count). The molecule has 43 heavy (non-hydrogen) atoms. The SMILES string of the molecule is O=C1NS(=O)(=O)[C@@H](C(F)(F)F)CCCC[C@H](O)[C@@H]2CCC2CN2C[C@@]3(CCCc4cc(Cl)ccc43)COc3ccc1cc32. The van der Waals surface area contributed by atoms with Crippen LogP contribution in [0.4, 0.5) is 18.9 Å². The van der Waals surface area contributed by atoms with Gasteiger partial charge in [-0.25, -0.2) is 13.1 Å². The van der Waals surface area contributed by atoms with E-state index in [1.165, 1.54) is 17.7 Å². The number of nitrogens with zero attached hydrogens (tertiary/aromatic N) is 1. The molecule has 1 unspecified atom stereocenters. The highest BCUT2D eigenvalue weighted by molar-refractivity contribution is 7.90. The first-order valence-electron chi connectivity index (χ1n) is 15.0. The third-order valence-corrected chi connectivity index (χ3v) is 11.9. The van der Waals surface area contributed by atoms with Crippen molar-refractivity contribution in [3.63, 3.8) is 0 Å². The number of rotatable bonds is 0. The molecule has 2 aliphatic heterocycles. The summed E-state index contributed by atoms with van der Waals surface area (Å²) in [5, 5.41) is 8.98. The summed E-state index contributed by atoms with van der Waals surface area (Å²) >= 11 is 6.34. The largest absolute Gasteiger partial charge is 0.490 e. The van der Waals surface area contributed by atoms with Crippen LogP contribution in [0.5, 0.6) is 5.75 Å². The Kier molecular flexibility index (Phi) is 8.13. The molecule has 2 heterocycles. The van der Waals surface area contributed by atoms with E-state index < -0.39 is 39.9 Å². The van der Waals surface area contributed by atoms with Gasteiger partial charge in [0.25, 0.3) is 5.91 Å². The van der Waals surface area contributed by atoms with Gasteiger partial charge < -0.3 is 14.7 Å². The first-order valence-corrected chi connectivity index (χ1v) is 16.9. The monoisotopic (exact) mass is 640 g/mol. The number of hydrogen-bond acceptors (Lipinski definition) is 6. The fourth-order valence-corrected chi connectivity index (χ4v) is 9.06. The van der Waals surface area contributed by atoms with Crippen molar-refractivity contribution in [2.45, 2.75) is 80.7 Å². The van der Waals surface area contributed by atoms with E-state index in [1.807, 2.05) is 12.1 Å². The van der Waals surface area contributed by atoms with Crippen molar-refractivity contribution in [2.24, 2.45) is 11.8 Å². The molecule has 2 aromatic carbocycles. The van der Waals surface area contributed by atoms with Crippen LogP contribution in [0.3, 0.4) is 0 Å². The third-order valence-electron chi connectivity index (χ3n) is 9.92. The Hall–Kier alpha value is -2.50. The molecular formula is C31H36ClF3N2O5S. The standard InChI is InChI=1S/C31H36ClF3N2O5S/c32-22-9-11-24-19(14-22)4-3-13-30(24)17-37-16-21-7-10-23(21)26(38)5-1-2-6-28(31(33,34)35)43(40,41)36-29(39)20-8-12-27(42-18-30)25(37)15-20/h8-9,11-12,14-15,21,23,26,28,38H,1-7,10,13,16-18H2,(H,36,39)/t21?,23-,26+,28-,30+/m1/s1. The number of aryl methyl sites for hydroxylation is 1. The van der Waals surface area contributed by atoms with E-state index in [9.17, 15) is 31.5 Å². The Labute approximate surface area is 254 Å². The summed E-state index contributed by atoms with van der Waals surface area (Å²) < 4.78 is 75.4. The summed E-state index contributed by atoms with van der Waals surface area (Å²) in [5.74, 6) is -0.455. The molecule has 1 amide bonds. The highest BCUT2D eigenvalue weighted by atomic mass is 35.5. The number of aliphatic hydroxyl groups excluding tert-OH is 1. The zero-order chi connectivity index (χ0) is 30.6. The van der Waals surface area contributed by atoms with E-state index in [-0.39, 0.29) is 35.7 Å². The lowest BCUT2D eigenvalue weighted by Gasteiger charge is -2.45. The molecule has 4 aliphatic rings. The average Bonchev–Trinajstić information content (AvgIpc) is 3.06. The van der Waals surface area contributed by atoms with Crippen LogP contribution in [0.1, 0.15) is 72.9 Å². The van der Waals surface area contributed by atoms with Crippen molar-refractivity contribution in [3.05, 3.63) is 58.1 Å². The minimum Gasteiger partial charge on any atom is -0.490 e. The quantitative estimate of drug-likeness (QED) is 0.380. The number of sulfonamides is 1. The molecule has 1 saturated carbocycles. The number of amides is 1. The second-order valence-electron chi connectivity index (χ2n) is 12.6. The summed E-state index contributed by atoms with van der Waals surface area (Å²) in [6.07, 6.45) is -1.49. The average molecular weight is 641 g/mol. The zero-order valence-corrected chi connectivity index (χ0v) is 25.3. The van der Waals surface area contributed by atoms with Gasteiger partial charge in [-0.1, -0.05) is 30.5 Å². The first-order chi connectivity index (χ1) is 20.4. The normalized spacial score (nSPS) is 31.1. The van der Waals surface area contributed by atoms with Crippen LogP contribution in [-0.4, -0.2) is 56.7 Å². The van der Waals surface area contributed by atoms with Gasteiger partial charge in [0, 0.05) is 29.1 Å². The summed E-state index contributed by atoms with van der Waals surface area (Å²) in [6.45, 7) is 1.55. The fraction of sp³-hybridized carbons (Fsp3) is 0.581. The van der Waals surface area contributed by atoms with Gasteiger partial charge >= 0.3 is 6.18 Å². The molecule has 0 saturated heterocycles. The smallest absolute Gasteiger partial charge is 0.407 e. The number of benzene rings is 2. The lowest BCUT2D eigenvalue weighted by atomic mass is 9.68. The van der Waals surface area contributed by atoms with E-state index >= 15 is 0 Å².